The minimum absolute atomic E-state index is 0.0903. The highest BCUT2D eigenvalue weighted by Crippen LogP contribution is 2.58. The molecule has 0 amide bonds. The molecule has 0 saturated heterocycles. The fraction of sp³-hybridized carbons (Fsp3) is 0.520. The number of nitrogens with zero attached hydrogens (tertiary/aromatic N) is 1. The van der Waals surface area contributed by atoms with Crippen LogP contribution in [0.2, 0.25) is 0 Å². The summed E-state index contributed by atoms with van der Waals surface area (Å²) in [6.45, 7) is 8.44. The first-order valence-corrected chi connectivity index (χ1v) is 12.5. The highest BCUT2D eigenvalue weighted by Gasteiger charge is 2.63. The smallest absolute Gasteiger partial charge is 0.243 e. The lowest BCUT2D eigenvalue weighted by molar-refractivity contribution is 0.0333. The number of aliphatic hydroxyl groups excluding tert-OH is 1. The number of aliphatic hydroxyl groups is 1. The van der Waals surface area contributed by atoms with Crippen molar-refractivity contribution in [2.75, 3.05) is 0 Å². The van der Waals surface area contributed by atoms with Crippen molar-refractivity contribution in [2.45, 2.75) is 77.0 Å². The number of aryl methyl sites for hydroxylation is 1. The summed E-state index contributed by atoms with van der Waals surface area (Å²) in [5.74, 6) is 0.0903. The summed E-state index contributed by atoms with van der Waals surface area (Å²) < 4.78 is 29.1. The molecule has 164 valence electrons. The van der Waals surface area contributed by atoms with Crippen molar-refractivity contribution < 1.29 is 13.5 Å². The summed E-state index contributed by atoms with van der Waals surface area (Å²) in [6, 6.07) is 16.6. The molecular weight excluding hydrogens is 394 g/mol. The van der Waals surface area contributed by atoms with Crippen molar-refractivity contribution in [3.05, 3.63) is 65.7 Å². The fourth-order valence-corrected chi connectivity index (χ4v) is 6.25. The molecule has 0 unspecified atom stereocenters. The SMILES string of the molecule is CCCC[C@@]1([C@H](O)C(C)C)C[C@H]1N(Cc1ccccc1)S(=O)(=O)c1ccc(C)cc1. The maximum Gasteiger partial charge on any atom is 0.243 e. The van der Waals surface area contributed by atoms with Crippen molar-refractivity contribution in [2.24, 2.45) is 11.3 Å². The Morgan fingerprint density at radius 3 is 2.30 bits per heavy atom. The number of hydrogen-bond acceptors (Lipinski definition) is 3. The minimum atomic E-state index is -3.69. The summed E-state index contributed by atoms with van der Waals surface area (Å²) >= 11 is 0. The van der Waals surface area contributed by atoms with E-state index >= 15 is 0 Å². The van der Waals surface area contributed by atoms with Gasteiger partial charge in [0.05, 0.1) is 11.0 Å². The topological polar surface area (TPSA) is 57.6 Å². The van der Waals surface area contributed by atoms with Crippen molar-refractivity contribution in [3.63, 3.8) is 0 Å². The Bertz CT molecular complexity index is 925. The van der Waals surface area contributed by atoms with Gasteiger partial charge in [-0.15, -0.1) is 0 Å². The molecule has 1 saturated carbocycles. The first-order valence-electron chi connectivity index (χ1n) is 11.0. The largest absolute Gasteiger partial charge is 0.392 e. The second kappa shape index (κ2) is 9.21. The lowest BCUT2D eigenvalue weighted by Gasteiger charge is -2.31. The third kappa shape index (κ3) is 4.63. The molecule has 1 N–H and O–H groups in total. The van der Waals surface area contributed by atoms with Crippen LogP contribution in [0.5, 0.6) is 0 Å². The van der Waals surface area contributed by atoms with E-state index in [1.165, 1.54) is 0 Å². The molecule has 5 heteroatoms. The van der Waals surface area contributed by atoms with E-state index in [4.69, 9.17) is 0 Å². The second-order valence-electron chi connectivity index (χ2n) is 9.09. The van der Waals surface area contributed by atoms with E-state index in [0.717, 1.165) is 30.4 Å². The Balaban J connectivity index is 2.00. The van der Waals surface area contributed by atoms with Crippen LogP contribution >= 0.6 is 0 Å². The van der Waals surface area contributed by atoms with Crippen molar-refractivity contribution in [3.8, 4) is 0 Å². The second-order valence-corrected chi connectivity index (χ2v) is 11.0. The van der Waals surface area contributed by atoms with Crippen molar-refractivity contribution in [1.29, 1.82) is 0 Å². The Morgan fingerprint density at radius 1 is 1.10 bits per heavy atom. The molecule has 3 atom stereocenters. The van der Waals surface area contributed by atoms with Crippen LogP contribution in [-0.2, 0) is 16.6 Å². The average molecular weight is 430 g/mol. The molecule has 1 fully saturated rings. The molecule has 2 aromatic rings. The molecule has 1 aliphatic rings. The predicted octanol–water partition coefficient (Wildman–Crippen LogP) is 5.15. The first-order chi connectivity index (χ1) is 14.2. The van der Waals surface area contributed by atoms with Gasteiger partial charge >= 0.3 is 0 Å². The Morgan fingerprint density at radius 2 is 1.73 bits per heavy atom. The van der Waals surface area contributed by atoms with Gasteiger partial charge in [-0.2, -0.15) is 4.31 Å². The van der Waals surface area contributed by atoms with E-state index in [1.807, 2.05) is 63.2 Å². The number of unbranched alkanes of at least 4 members (excludes halogenated alkanes) is 1. The molecule has 0 heterocycles. The first kappa shape index (κ1) is 23.0. The van der Waals surface area contributed by atoms with Crippen LogP contribution in [0.1, 0.15) is 57.6 Å². The molecule has 0 aromatic heterocycles. The van der Waals surface area contributed by atoms with Gasteiger partial charge in [0.1, 0.15) is 0 Å². The van der Waals surface area contributed by atoms with Crippen molar-refractivity contribution >= 4 is 10.0 Å². The average Bonchev–Trinajstić information content (AvgIpc) is 3.45. The number of hydrogen-bond donors (Lipinski definition) is 1. The zero-order valence-corrected chi connectivity index (χ0v) is 19.4. The van der Waals surface area contributed by atoms with Gasteiger partial charge in [-0.3, -0.25) is 0 Å². The maximum absolute atomic E-state index is 13.7. The lowest BCUT2D eigenvalue weighted by Crippen LogP contribution is -2.40. The molecule has 3 rings (SSSR count). The van der Waals surface area contributed by atoms with E-state index in [1.54, 1.807) is 16.4 Å². The van der Waals surface area contributed by atoms with Gasteiger partial charge < -0.3 is 5.11 Å². The van der Waals surface area contributed by atoms with E-state index in [2.05, 4.69) is 6.92 Å². The zero-order chi connectivity index (χ0) is 21.9. The van der Waals surface area contributed by atoms with Gasteiger partial charge in [-0.25, -0.2) is 8.42 Å². The fourth-order valence-electron chi connectivity index (χ4n) is 4.57. The molecule has 2 aromatic carbocycles. The van der Waals surface area contributed by atoms with Gasteiger partial charge in [0.15, 0.2) is 0 Å². The standard InChI is InChI=1S/C25H35NO3S/c1-5-6-16-25(24(27)19(2)3)17-23(25)26(18-21-10-8-7-9-11-21)30(28,29)22-14-12-20(4)13-15-22/h7-15,19,23-24,27H,5-6,16-18H2,1-4H3/t23-,24-,25-/m1/s1. The third-order valence-electron chi connectivity index (χ3n) is 6.45. The number of rotatable bonds is 10. The Kier molecular flexibility index (Phi) is 7.05. The molecular formula is C25H35NO3S. The van der Waals surface area contributed by atoms with Crippen LogP contribution in [0, 0.1) is 18.3 Å². The quantitative estimate of drug-likeness (QED) is 0.568. The van der Waals surface area contributed by atoms with Crippen LogP contribution in [0.15, 0.2) is 59.5 Å². The zero-order valence-electron chi connectivity index (χ0n) is 18.6. The van der Waals surface area contributed by atoms with Crippen LogP contribution < -0.4 is 0 Å². The monoisotopic (exact) mass is 429 g/mol. The van der Waals surface area contributed by atoms with Crippen molar-refractivity contribution in [1.82, 2.24) is 4.31 Å². The highest BCUT2D eigenvalue weighted by molar-refractivity contribution is 7.89. The molecule has 0 radical (unpaired) electrons. The van der Waals surface area contributed by atoms with E-state index < -0.39 is 16.1 Å². The lowest BCUT2D eigenvalue weighted by atomic mass is 9.85. The predicted molar refractivity (Wildman–Crippen MR) is 122 cm³/mol. The third-order valence-corrected chi connectivity index (χ3v) is 8.32. The van der Waals surface area contributed by atoms with Gasteiger partial charge in [-0.05, 0) is 43.4 Å². The molecule has 0 spiro atoms. The molecule has 0 bridgehead atoms. The summed E-state index contributed by atoms with van der Waals surface area (Å²) in [5.41, 5.74) is 1.63. The molecule has 30 heavy (non-hydrogen) atoms. The maximum atomic E-state index is 13.7. The highest BCUT2D eigenvalue weighted by atomic mass is 32.2. The van der Waals surface area contributed by atoms with E-state index in [0.29, 0.717) is 17.9 Å². The Labute approximate surface area is 182 Å². The molecule has 0 aliphatic heterocycles. The normalized spacial score (nSPS) is 22.4. The van der Waals surface area contributed by atoms with Crippen LogP contribution in [0.4, 0.5) is 0 Å². The summed E-state index contributed by atoms with van der Waals surface area (Å²) in [5, 5.41) is 11.1. The van der Waals surface area contributed by atoms with Gasteiger partial charge in [0, 0.05) is 18.0 Å². The van der Waals surface area contributed by atoms with E-state index in [9.17, 15) is 13.5 Å². The summed E-state index contributed by atoms with van der Waals surface area (Å²) in [6.07, 6.45) is 3.07. The number of sulfonamides is 1. The molecule has 1 aliphatic carbocycles. The number of benzene rings is 2. The van der Waals surface area contributed by atoms with E-state index in [-0.39, 0.29) is 17.4 Å². The van der Waals surface area contributed by atoms with Gasteiger partial charge in [-0.1, -0.05) is 81.6 Å². The van der Waals surface area contributed by atoms with Crippen LogP contribution in [0.3, 0.4) is 0 Å². The summed E-state index contributed by atoms with van der Waals surface area (Å²) in [7, 11) is -3.69. The minimum Gasteiger partial charge on any atom is -0.392 e. The van der Waals surface area contributed by atoms with Crippen LogP contribution in [-0.4, -0.2) is 30.0 Å². The van der Waals surface area contributed by atoms with Gasteiger partial charge in [0.2, 0.25) is 10.0 Å². The molecule has 4 nitrogen and oxygen atoms in total. The Hall–Kier alpha value is -1.69. The summed E-state index contributed by atoms with van der Waals surface area (Å²) in [4.78, 5) is 0.319. The van der Waals surface area contributed by atoms with Crippen LogP contribution in [0.25, 0.3) is 0 Å². The van der Waals surface area contributed by atoms with Gasteiger partial charge in [0.25, 0.3) is 0 Å².